The van der Waals surface area contributed by atoms with Gasteiger partial charge in [0.1, 0.15) is 11.4 Å². The molecule has 4 N–H and O–H groups in total. The molecule has 0 bridgehead atoms. The first-order valence-corrected chi connectivity index (χ1v) is 5.34. The number of aromatic nitrogens is 3. The SMILES string of the molecule is O=C(Nc1cn[nH]c1)c1cc2ccc(O)cc2[nH]1. The van der Waals surface area contributed by atoms with Gasteiger partial charge in [-0.05, 0) is 18.2 Å². The minimum absolute atomic E-state index is 0.158. The van der Waals surface area contributed by atoms with Crippen LogP contribution in [0.1, 0.15) is 10.5 Å². The second kappa shape index (κ2) is 3.92. The molecule has 0 aliphatic heterocycles. The van der Waals surface area contributed by atoms with Crippen LogP contribution in [-0.2, 0) is 0 Å². The molecular weight excluding hydrogens is 232 g/mol. The second-order valence-corrected chi connectivity index (χ2v) is 3.90. The molecule has 0 atom stereocenters. The molecule has 2 aromatic heterocycles. The summed E-state index contributed by atoms with van der Waals surface area (Å²) in [6, 6.07) is 6.62. The predicted octanol–water partition coefficient (Wildman–Crippen LogP) is 1.85. The number of phenols is 1. The lowest BCUT2D eigenvalue weighted by Crippen LogP contribution is -2.11. The highest BCUT2D eigenvalue weighted by Crippen LogP contribution is 2.20. The van der Waals surface area contributed by atoms with Crippen molar-refractivity contribution in [2.75, 3.05) is 5.32 Å². The Morgan fingerprint density at radius 2 is 2.22 bits per heavy atom. The maximum absolute atomic E-state index is 11.9. The molecule has 18 heavy (non-hydrogen) atoms. The van der Waals surface area contributed by atoms with Crippen LogP contribution in [0.15, 0.2) is 36.7 Å². The number of aromatic hydroxyl groups is 1. The maximum Gasteiger partial charge on any atom is 0.272 e. The summed E-state index contributed by atoms with van der Waals surface area (Å²) in [7, 11) is 0. The Labute approximate surface area is 102 Å². The number of aromatic amines is 2. The number of carbonyl (C=O) groups excluding carboxylic acids is 1. The van der Waals surface area contributed by atoms with Gasteiger partial charge >= 0.3 is 0 Å². The molecule has 6 heteroatoms. The van der Waals surface area contributed by atoms with E-state index >= 15 is 0 Å². The van der Waals surface area contributed by atoms with E-state index in [9.17, 15) is 9.90 Å². The number of carbonyl (C=O) groups is 1. The maximum atomic E-state index is 11.9. The molecule has 0 spiro atoms. The summed E-state index contributed by atoms with van der Waals surface area (Å²) in [6.45, 7) is 0. The number of hydrogen-bond donors (Lipinski definition) is 4. The highest BCUT2D eigenvalue weighted by Gasteiger charge is 2.10. The first kappa shape index (κ1) is 10.4. The number of rotatable bonds is 2. The molecule has 0 saturated carbocycles. The number of amides is 1. The van der Waals surface area contributed by atoms with Crippen LogP contribution in [0, 0.1) is 0 Å². The molecule has 3 rings (SSSR count). The van der Waals surface area contributed by atoms with Gasteiger partial charge in [-0.25, -0.2) is 0 Å². The minimum atomic E-state index is -0.257. The summed E-state index contributed by atoms with van der Waals surface area (Å²) < 4.78 is 0. The number of fused-ring (bicyclic) bond motifs is 1. The zero-order chi connectivity index (χ0) is 12.5. The summed E-state index contributed by atoms with van der Waals surface area (Å²) in [5.74, 6) is -0.0989. The van der Waals surface area contributed by atoms with E-state index in [0.717, 1.165) is 5.39 Å². The summed E-state index contributed by atoms with van der Waals surface area (Å²) in [6.07, 6.45) is 3.11. The van der Waals surface area contributed by atoms with Crippen molar-refractivity contribution in [1.82, 2.24) is 15.2 Å². The Bertz CT molecular complexity index is 700. The number of H-pyrrole nitrogens is 2. The topological polar surface area (TPSA) is 93.8 Å². The Morgan fingerprint density at radius 1 is 1.33 bits per heavy atom. The summed E-state index contributed by atoms with van der Waals surface area (Å²) >= 11 is 0. The molecule has 2 heterocycles. The lowest BCUT2D eigenvalue weighted by molar-refractivity contribution is 0.102. The smallest absolute Gasteiger partial charge is 0.272 e. The van der Waals surface area contributed by atoms with Gasteiger partial charge in [0, 0.05) is 23.2 Å². The predicted molar refractivity (Wildman–Crippen MR) is 66.5 cm³/mol. The van der Waals surface area contributed by atoms with Gasteiger partial charge in [0.2, 0.25) is 0 Å². The van der Waals surface area contributed by atoms with Crippen LogP contribution in [0.25, 0.3) is 10.9 Å². The van der Waals surface area contributed by atoms with Crippen molar-refractivity contribution in [2.45, 2.75) is 0 Å². The first-order chi connectivity index (χ1) is 8.72. The van der Waals surface area contributed by atoms with Crippen LogP contribution >= 0.6 is 0 Å². The second-order valence-electron chi connectivity index (χ2n) is 3.90. The van der Waals surface area contributed by atoms with Gasteiger partial charge < -0.3 is 15.4 Å². The lowest BCUT2D eigenvalue weighted by Gasteiger charge is -1.98. The molecule has 0 aliphatic rings. The van der Waals surface area contributed by atoms with Crippen LogP contribution in [0.4, 0.5) is 5.69 Å². The van der Waals surface area contributed by atoms with Crippen LogP contribution in [0.2, 0.25) is 0 Å². The van der Waals surface area contributed by atoms with E-state index in [4.69, 9.17) is 0 Å². The number of nitrogens with one attached hydrogen (secondary N) is 3. The molecule has 0 radical (unpaired) electrons. The van der Waals surface area contributed by atoms with E-state index < -0.39 is 0 Å². The molecule has 0 unspecified atom stereocenters. The van der Waals surface area contributed by atoms with E-state index in [2.05, 4.69) is 20.5 Å². The van der Waals surface area contributed by atoms with E-state index in [1.165, 1.54) is 6.20 Å². The highest BCUT2D eigenvalue weighted by atomic mass is 16.3. The first-order valence-electron chi connectivity index (χ1n) is 5.34. The Balaban J connectivity index is 1.92. The standard InChI is InChI=1S/C12H10N4O2/c17-9-2-1-7-3-11(16-10(7)4-9)12(18)15-8-5-13-14-6-8/h1-6,16-17H,(H,13,14)(H,15,18). The van der Waals surface area contributed by atoms with Crippen LogP contribution in [0.5, 0.6) is 5.75 Å². The molecular formula is C12H10N4O2. The summed E-state index contributed by atoms with van der Waals surface area (Å²) in [5, 5.41) is 19.3. The van der Waals surface area contributed by atoms with E-state index in [1.54, 1.807) is 30.5 Å². The fraction of sp³-hybridized carbons (Fsp3) is 0. The third-order valence-corrected chi connectivity index (χ3v) is 2.61. The third kappa shape index (κ3) is 1.80. The van der Waals surface area contributed by atoms with Crippen molar-refractivity contribution >= 4 is 22.5 Å². The summed E-state index contributed by atoms with van der Waals surface area (Å²) in [4.78, 5) is 14.9. The number of hydrogen-bond acceptors (Lipinski definition) is 3. The van der Waals surface area contributed by atoms with Crippen LogP contribution in [0.3, 0.4) is 0 Å². The Morgan fingerprint density at radius 3 is 3.00 bits per heavy atom. The third-order valence-electron chi connectivity index (χ3n) is 2.61. The van der Waals surface area contributed by atoms with Gasteiger partial charge in [-0.3, -0.25) is 9.89 Å². The zero-order valence-corrected chi connectivity index (χ0v) is 9.27. The molecule has 1 aromatic carbocycles. The normalized spacial score (nSPS) is 10.7. The van der Waals surface area contributed by atoms with Crippen molar-refractivity contribution in [3.05, 3.63) is 42.4 Å². The van der Waals surface area contributed by atoms with Gasteiger partial charge in [-0.1, -0.05) is 0 Å². The average molecular weight is 242 g/mol. The van der Waals surface area contributed by atoms with Crippen molar-refractivity contribution in [3.63, 3.8) is 0 Å². The molecule has 1 amide bonds. The van der Waals surface area contributed by atoms with E-state index in [0.29, 0.717) is 16.9 Å². The highest BCUT2D eigenvalue weighted by molar-refractivity contribution is 6.05. The molecule has 0 saturated heterocycles. The number of phenolic OH excluding ortho intramolecular Hbond substituents is 1. The van der Waals surface area contributed by atoms with Crippen molar-refractivity contribution < 1.29 is 9.90 Å². The van der Waals surface area contributed by atoms with Crippen molar-refractivity contribution in [3.8, 4) is 5.75 Å². The number of nitrogens with zero attached hydrogens (tertiary/aromatic N) is 1. The Kier molecular flexibility index (Phi) is 2.26. The molecule has 0 fully saturated rings. The Hall–Kier alpha value is -2.76. The molecule has 3 aromatic rings. The van der Waals surface area contributed by atoms with Gasteiger partial charge in [-0.15, -0.1) is 0 Å². The van der Waals surface area contributed by atoms with Crippen LogP contribution < -0.4 is 5.32 Å². The van der Waals surface area contributed by atoms with Gasteiger partial charge in [0.25, 0.3) is 5.91 Å². The lowest BCUT2D eigenvalue weighted by atomic mass is 10.2. The van der Waals surface area contributed by atoms with Crippen molar-refractivity contribution in [2.24, 2.45) is 0 Å². The average Bonchev–Trinajstić information content (AvgIpc) is 2.96. The molecule has 90 valence electrons. The van der Waals surface area contributed by atoms with Crippen molar-refractivity contribution in [1.29, 1.82) is 0 Å². The quantitative estimate of drug-likeness (QED) is 0.552. The zero-order valence-electron chi connectivity index (χ0n) is 9.27. The van der Waals surface area contributed by atoms with Gasteiger partial charge in [0.15, 0.2) is 0 Å². The minimum Gasteiger partial charge on any atom is -0.508 e. The van der Waals surface area contributed by atoms with E-state index in [1.807, 2.05) is 0 Å². The van der Waals surface area contributed by atoms with Crippen LogP contribution in [-0.4, -0.2) is 26.2 Å². The van der Waals surface area contributed by atoms with E-state index in [-0.39, 0.29) is 11.7 Å². The number of benzene rings is 1. The summed E-state index contributed by atoms with van der Waals surface area (Å²) in [5.41, 5.74) is 1.74. The molecule has 0 aliphatic carbocycles. The van der Waals surface area contributed by atoms with Gasteiger partial charge in [-0.2, -0.15) is 5.10 Å². The molecule has 6 nitrogen and oxygen atoms in total. The fourth-order valence-corrected chi connectivity index (χ4v) is 1.76. The van der Waals surface area contributed by atoms with Gasteiger partial charge in [0.05, 0.1) is 11.9 Å². The largest absolute Gasteiger partial charge is 0.508 e. The fourth-order valence-electron chi connectivity index (χ4n) is 1.76. The number of anilines is 1. The monoisotopic (exact) mass is 242 g/mol.